The lowest BCUT2D eigenvalue weighted by molar-refractivity contribution is 0.0198. The molecule has 1 aromatic carbocycles. The summed E-state index contributed by atoms with van der Waals surface area (Å²) in [5.74, 6) is 1.62. The zero-order valence-electron chi connectivity index (χ0n) is 13.8. The summed E-state index contributed by atoms with van der Waals surface area (Å²) >= 11 is 0. The van der Waals surface area contributed by atoms with Gasteiger partial charge in [0.2, 0.25) is 0 Å². The number of hydrogen-bond acceptors (Lipinski definition) is 5. The molecule has 3 rings (SSSR count). The Balaban J connectivity index is 1.74. The van der Waals surface area contributed by atoms with E-state index in [2.05, 4.69) is 58.3 Å². The monoisotopic (exact) mass is 312 g/mol. The van der Waals surface area contributed by atoms with Crippen molar-refractivity contribution in [2.75, 3.05) is 38.2 Å². The van der Waals surface area contributed by atoms with Crippen LogP contribution in [0.1, 0.15) is 25.5 Å². The second-order valence-corrected chi connectivity index (χ2v) is 5.74. The van der Waals surface area contributed by atoms with E-state index in [1.807, 2.05) is 6.07 Å². The standard InChI is InChI=1S/C18H24N4O/c1-3-19-17-8-9-20-18(21-17)16-6-4-15(5-7-16)14(2)22-10-12-23-13-11-22/h4-9,14H,3,10-13H2,1-2H3,(H,19,20,21). The highest BCUT2D eigenvalue weighted by atomic mass is 16.5. The van der Waals surface area contributed by atoms with Crippen LogP contribution in [0.4, 0.5) is 5.82 Å². The summed E-state index contributed by atoms with van der Waals surface area (Å²) in [7, 11) is 0. The van der Waals surface area contributed by atoms with Crippen LogP contribution in [0.5, 0.6) is 0 Å². The molecule has 2 heterocycles. The van der Waals surface area contributed by atoms with Gasteiger partial charge in [0.15, 0.2) is 5.82 Å². The molecule has 1 unspecified atom stereocenters. The van der Waals surface area contributed by atoms with E-state index < -0.39 is 0 Å². The normalized spacial score (nSPS) is 17.0. The van der Waals surface area contributed by atoms with Crippen molar-refractivity contribution in [3.63, 3.8) is 0 Å². The fourth-order valence-corrected chi connectivity index (χ4v) is 2.86. The Morgan fingerprint density at radius 1 is 1.17 bits per heavy atom. The van der Waals surface area contributed by atoms with Crippen molar-refractivity contribution in [1.29, 1.82) is 0 Å². The molecule has 5 nitrogen and oxygen atoms in total. The Hall–Kier alpha value is -1.98. The maximum Gasteiger partial charge on any atom is 0.161 e. The van der Waals surface area contributed by atoms with Crippen LogP contribution >= 0.6 is 0 Å². The number of ether oxygens (including phenoxy) is 1. The minimum Gasteiger partial charge on any atom is -0.379 e. The van der Waals surface area contributed by atoms with Crippen LogP contribution in [0, 0.1) is 0 Å². The highest BCUT2D eigenvalue weighted by Crippen LogP contribution is 2.24. The van der Waals surface area contributed by atoms with Gasteiger partial charge in [-0.15, -0.1) is 0 Å². The van der Waals surface area contributed by atoms with Crippen molar-refractivity contribution in [2.45, 2.75) is 19.9 Å². The number of rotatable bonds is 5. The summed E-state index contributed by atoms with van der Waals surface area (Å²) in [4.78, 5) is 11.4. The molecule has 1 fully saturated rings. The molecule has 0 spiro atoms. The van der Waals surface area contributed by atoms with Crippen LogP contribution in [-0.2, 0) is 4.74 Å². The molecule has 0 aliphatic carbocycles. The zero-order chi connectivity index (χ0) is 16.1. The number of anilines is 1. The number of benzene rings is 1. The first-order chi connectivity index (χ1) is 11.3. The van der Waals surface area contributed by atoms with E-state index >= 15 is 0 Å². The number of aromatic nitrogens is 2. The second kappa shape index (κ2) is 7.53. The molecular weight excluding hydrogens is 288 g/mol. The van der Waals surface area contributed by atoms with Crippen molar-refractivity contribution in [2.24, 2.45) is 0 Å². The van der Waals surface area contributed by atoms with Crippen LogP contribution in [0.25, 0.3) is 11.4 Å². The quantitative estimate of drug-likeness (QED) is 0.920. The van der Waals surface area contributed by atoms with Crippen molar-refractivity contribution >= 4 is 5.82 Å². The molecule has 1 aliphatic heterocycles. The molecule has 0 saturated carbocycles. The molecule has 1 N–H and O–H groups in total. The van der Waals surface area contributed by atoms with E-state index in [1.165, 1.54) is 5.56 Å². The van der Waals surface area contributed by atoms with E-state index in [0.717, 1.165) is 50.1 Å². The fourth-order valence-electron chi connectivity index (χ4n) is 2.86. The summed E-state index contributed by atoms with van der Waals surface area (Å²) in [6.07, 6.45) is 1.80. The van der Waals surface area contributed by atoms with Gasteiger partial charge in [0, 0.05) is 37.4 Å². The lowest BCUT2D eigenvalue weighted by Crippen LogP contribution is -2.37. The largest absolute Gasteiger partial charge is 0.379 e. The van der Waals surface area contributed by atoms with E-state index in [9.17, 15) is 0 Å². The van der Waals surface area contributed by atoms with Gasteiger partial charge in [-0.2, -0.15) is 0 Å². The zero-order valence-corrected chi connectivity index (χ0v) is 13.8. The molecule has 23 heavy (non-hydrogen) atoms. The van der Waals surface area contributed by atoms with Crippen LogP contribution in [0.2, 0.25) is 0 Å². The molecule has 122 valence electrons. The third-order valence-corrected chi connectivity index (χ3v) is 4.26. The van der Waals surface area contributed by atoms with Crippen LogP contribution in [-0.4, -0.2) is 47.7 Å². The molecule has 5 heteroatoms. The predicted molar refractivity (Wildman–Crippen MR) is 92.4 cm³/mol. The Morgan fingerprint density at radius 2 is 1.91 bits per heavy atom. The molecule has 0 bridgehead atoms. The van der Waals surface area contributed by atoms with Gasteiger partial charge in [0.25, 0.3) is 0 Å². The highest BCUT2D eigenvalue weighted by molar-refractivity contribution is 5.57. The molecule has 0 amide bonds. The van der Waals surface area contributed by atoms with Crippen molar-refractivity contribution < 1.29 is 4.74 Å². The first-order valence-electron chi connectivity index (χ1n) is 8.27. The molecule has 1 atom stereocenters. The maximum atomic E-state index is 5.43. The Bertz CT molecular complexity index is 623. The van der Waals surface area contributed by atoms with E-state index in [4.69, 9.17) is 4.74 Å². The third kappa shape index (κ3) is 3.86. The summed E-state index contributed by atoms with van der Waals surface area (Å²) in [5, 5.41) is 3.22. The van der Waals surface area contributed by atoms with Crippen molar-refractivity contribution in [3.05, 3.63) is 42.1 Å². The first kappa shape index (κ1) is 15.9. The van der Waals surface area contributed by atoms with Crippen LogP contribution < -0.4 is 5.32 Å². The van der Waals surface area contributed by atoms with Gasteiger partial charge in [0.05, 0.1) is 13.2 Å². The fraction of sp³-hybridized carbons (Fsp3) is 0.444. The number of nitrogens with one attached hydrogen (secondary N) is 1. The Labute approximate surface area is 137 Å². The van der Waals surface area contributed by atoms with Gasteiger partial charge in [-0.1, -0.05) is 24.3 Å². The second-order valence-electron chi connectivity index (χ2n) is 5.74. The lowest BCUT2D eigenvalue weighted by atomic mass is 10.0. The molecule has 1 aliphatic rings. The number of nitrogens with zero attached hydrogens (tertiary/aromatic N) is 3. The molecule has 2 aromatic rings. The SMILES string of the molecule is CCNc1ccnc(-c2ccc(C(C)N3CCOCC3)cc2)n1. The Morgan fingerprint density at radius 3 is 2.61 bits per heavy atom. The smallest absolute Gasteiger partial charge is 0.161 e. The third-order valence-electron chi connectivity index (χ3n) is 4.26. The minimum absolute atomic E-state index is 0.405. The van der Waals surface area contributed by atoms with Crippen molar-refractivity contribution in [1.82, 2.24) is 14.9 Å². The molecular formula is C18H24N4O. The minimum atomic E-state index is 0.405. The summed E-state index contributed by atoms with van der Waals surface area (Å²) < 4.78 is 5.43. The first-order valence-corrected chi connectivity index (χ1v) is 8.27. The summed E-state index contributed by atoms with van der Waals surface area (Å²) in [6, 6.07) is 10.9. The molecule has 1 aromatic heterocycles. The lowest BCUT2D eigenvalue weighted by Gasteiger charge is -2.32. The van der Waals surface area contributed by atoms with Crippen LogP contribution in [0.15, 0.2) is 36.5 Å². The van der Waals surface area contributed by atoms with E-state index in [1.54, 1.807) is 6.20 Å². The topological polar surface area (TPSA) is 50.3 Å². The van der Waals surface area contributed by atoms with E-state index in [-0.39, 0.29) is 0 Å². The van der Waals surface area contributed by atoms with Gasteiger partial charge in [0.1, 0.15) is 5.82 Å². The number of hydrogen-bond donors (Lipinski definition) is 1. The maximum absolute atomic E-state index is 5.43. The van der Waals surface area contributed by atoms with Gasteiger partial charge >= 0.3 is 0 Å². The Kier molecular flexibility index (Phi) is 5.20. The van der Waals surface area contributed by atoms with Gasteiger partial charge < -0.3 is 10.1 Å². The molecule has 0 radical (unpaired) electrons. The van der Waals surface area contributed by atoms with E-state index in [0.29, 0.717) is 6.04 Å². The van der Waals surface area contributed by atoms with Crippen LogP contribution in [0.3, 0.4) is 0 Å². The molecule has 1 saturated heterocycles. The predicted octanol–water partition coefficient (Wildman–Crippen LogP) is 2.97. The van der Waals surface area contributed by atoms with Gasteiger partial charge in [-0.3, -0.25) is 4.90 Å². The van der Waals surface area contributed by atoms with Crippen molar-refractivity contribution in [3.8, 4) is 11.4 Å². The van der Waals surface area contributed by atoms with Gasteiger partial charge in [-0.05, 0) is 25.5 Å². The highest BCUT2D eigenvalue weighted by Gasteiger charge is 2.18. The average Bonchev–Trinajstić information content (AvgIpc) is 2.62. The summed E-state index contributed by atoms with van der Waals surface area (Å²) in [6.45, 7) is 8.81. The number of morpholine rings is 1. The average molecular weight is 312 g/mol. The summed E-state index contributed by atoms with van der Waals surface area (Å²) in [5.41, 5.74) is 2.36. The van der Waals surface area contributed by atoms with Gasteiger partial charge in [-0.25, -0.2) is 9.97 Å².